The molecule has 124 valence electrons. The SMILES string of the molecule is CC(C)c1cccc(NC(N)=NCc2noc(C(C)(C)C)n2)c1. The van der Waals surface area contributed by atoms with Crippen molar-refractivity contribution in [3.63, 3.8) is 0 Å². The Morgan fingerprint density at radius 1 is 1.35 bits per heavy atom. The largest absolute Gasteiger partial charge is 0.370 e. The van der Waals surface area contributed by atoms with Crippen LogP contribution in [-0.2, 0) is 12.0 Å². The van der Waals surface area contributed by atoms with Gasteiger partial charge in [0.1, 0.15) is 6.54 Å². The fourth-order valence-electron chi connectivity index (χ4n) is 1.94. The summed E-state index contributed by atoms with van der Waals surface area (Å²) in [6, 6.07) is 8.12. The number of nitrogens with zero attached hydrogens (tertiary/aromatic N) is 3. The molecule has 2 aromatic rings. The van der Waals surface area contributed by atoms with Gasteiger partial charge in [0.05, 0.1) is 0 Å². The van der Waals surface area contributed by atoms with E-state index in [4.69, 9.17) is 10.3 Å². The molecular formula is C17H25N5O. The number of nitrogens with one attached hydrogen (secondary N) is 1. The molecule has 0 aliphatic heterocycles. The number of benzene rings is 1. The molecule has 2 rings (SSSR count). The molecule has 1 heterocycles. The number of anilines is 1. The quantitative estimate of drug-likeness (QED) is 0.666. The van der Waals surface area contributed by atoms with Crippen LogP contribution in [0.5, 0.6) is 0 Å². The lowest BCUT2D eigenvalue weighted by Gasteiger charge is -2.10. The molecule has 23 heavy (non-hydrogen) atoms. The molecular weight excluding hydrogens is 290 g/mol. The van der Waals surface area contributed by atoms with Crippen LogP contribution in [-0.4, -0.2) is 16.1 Å². The summed E-state index contributed by atoms with van der Waals surface area (Å²) >= 11 is 0. The maximum Gasteiger partial charge on any atom is 0.232 e. The molecule has 0 amide bonds. The van der Waals surface area contributed by atoms with Crippen molar-refractivity contribution in [3.05, 3.63) is 41.5 Å². The minimum atomic E-state index is -0.171. The van der Waals surface area contributed by atoms with Gasteiger partial charge in [-0.15, -0.1) is 0 Å². The van der Waals surface area contributed by atoms with E-state index in [-0.39, 0.29) is 12.0 Å². The number of aromatic nitrogens is 2. The van der Waals surface area contributed by atoms with Gasteiger partial charge in [0.15, 0.2) is 11.8 Å². The third-order valence-electron chi connectivity index (χ3n) is 3.33. The first kappa shape index (κ1) is 17.0. The number of hydrogen-bond acceptors (Lipinski definition) is 4. The summed E-state index contributed by atoms with van der Waals surface area (Å²) < 4.78 is 5.23. The van der Waals surface area contributed by atoms with E-state index in [0.29, 0.717) is 23.6 Å². The molecule has 6 nitrogen and oxygen atoms in total. The van der Waals surface area contributed by atoms with Crippen LogP contribution in [0.15, 0.2) is 33.8 Å². The summed E-state index contributed by atoms with van der Waals surface area (Å²) in [5.74, 6) is 1.91. The Kier molecular flexibility index (Phi) is 5.03. The summed E-state index contributed by atoms with van der Waals surface area (Å²) in [7, 11) is 0. The van der Waals surface area contributed by atoms with Gasteiger partial charge in [-0.05, 0) is 23.6 Å². The molecule has 0 fully saturated rings. The maximum absolute atomic E-state index is 5.93. The zero-order chi connectivity index (χ0) is 17.0. The van der Waals surface area contributed by atoms with Crippen LogP contribution in [0.3, 0.4) is 0 Å². The van der Waals surface area contributed by atoms with E-state index in [0.717, 1.165) is 5.69 Å². The summed E-state index contributed by atoms with van der Waals surface area (Å²) in [6.07, 6.45) is 0. The molecule has 1 aromatic heterocycles. The van der Waals surface area contributed by atoms with E-state index in [1.54, 1.807) is 0 Å². The second kappa shape index (κ2) is 6.81. The van der Waals surface area contributed by atoms with Gasteiger partial charge in [0, 0.05) is 11.1 Å². The number of nitrogens with two attached hydrogens (primary N) is 1. The first-order chi connectivity index (χ1) is 10.8. The molecule has 0 saturated heterocycles. The second-order valence-corrected chi connectivity index (χ2v) is 6.87. The van der Waals surface area contributed by atoms with Crippen molar-refractivity contribution in [2.45, 2.75) is 52.5 Å². The highest BCUT2D eigenvalue weighted by molar-refractivity contribution is 5.92. The minimum Gasteiger partial charge on any atom is -0.370 e. The van der Waals surface area contributed by atoms with Crippen LogP contribution in [0.4, 0.5) is 5.69 Å². The molecule has 6 heteroatoms. The third kappa shape index (κ3) is 4.81. The Morgan fingerprint density at radius 3 is 2.70 bits per heavy atom. The summed E-state index contributed by atoms with van der Waals surface area (Å²) in [5, 5.41) is 7.01. The fourth-order valence-corrected chi connectivity index (χ4v) is 1.94. The van der Waals surface area contributed by atoms with E-state index in [1.807, 2.05) is 32.9 Å². The molecule has 1 aromatic carbocycles. The van der Waals surface area contributed by atoms with Crippen molar-refractivity contribution in [2.75, 3.05) is 5.32 Å². The van der Waals surface area contributed by atoms with Gasteiger partial charge in [-0.25, -0.2) is 4.99 Å². The van der Waals surface area contributed by atoms with Crippen LogP contribution in [0.25, 0.3) is 0 Å². The molecule has 0 saturated carbocycles. The highest BCUT2D eigenvalue weighted by Gasteiger charge is 2.21. The average molecular weight is 315 g/mol. The normalized spacial score (nSPS) is 12.7. The Hall–Kier alpha value is -2.37. The Bertz CT molecular complexity index is 682. The fraction of sp³-hybridized carbons (Fsp3) is 0.471. The van der Waals surface area contributed by atoms with E-state index in [9.17, 15) is 0 Å². The zero-order valence-electron chi connectivity index (χ0n) is 14.4. The van der Waals surface area contributed by atoms with Crippen LogP contribution in [0.2, 0.25) is 0 Å². The number of hydrogen-bond donors (Lipinski definition) is 2. The van der Waals surface area contributed by atoms with Gasteiger partial charge < -0.3 is 15.6 Å². The topological polar surface area (TPSA) is 89.3 Å². The standard InChI is InChI=1S/C17H25N5O/c1-11(2)12-7-6-8-13(9-12)20-16(18)19-10-14-21-15(23-22-14)17(3,4)5/h6-9,11H,10H2,1-5H3,(H3,18,19,20). The summed E-state index contributed by atoms with van der Waals surface area (Å²) in [4.78, 5) is 8.59. The van der Waals surface area contributed by atoms with Crippen LogP contribution in [0.1, 0.15) is 57.8 Å². The second-order valence-electron chi connectivity index (χ2n) is 6.87. The predicted molar refractivity (Wildman–Crippen MR) is 92.5 cm³/mol. The number of aliphatic imine (C=N–C) groups is 1. The molecule has 0 bridgehead atoms. The predicted octanol–water partition coefficient (Wildman–Crippen LogP) is 3.42. The van der Waals surface area contributed by atoms with Crippen molar-refractivity contribution in [1.29, 1.82) is 0 Å². The van der Waals surface area contributed by atoms with E-state index >= 15 is 0 Å². The summed E-state index contributed by atoms with van der Waals surface area (Å²) in [5.41, 5.74) is 7.92. The number of rotatable bonds is 4. The lowest BCUT2D eigenvalue weighted by Crippen LogP contribution is -2.22. The smallest absolute Gasteiger partial charge is 0.232 e. The molecule has 0 radical (unpaired) electrons. The Labute approximate surface area is 137 Å². The minimum absolute atomic E-state index is 0.171. The van der Waals surface area contributed by atoms with E-state index in [2.05, 4.69) is 46.4 Å². The van der Waals surface area contributed by atoms with Crippen molar-refractivity contribution < 1.29 is 4.52 Å². The first-order valence-corrected chi connectivity index (χ1v) is 7.75. The van der Waals surface area contributed by atoms with Crippen molar-refractivity contribution >= 4 is 11.6 Å². The highest BCUT2D eigenvalue weighted by Crippen LogP contribution is 2.20. The molecule has 0 aliphatic carbocycles. The lowest BCUT2D eigenvalue weighted by molar-refractivity contribution is 0.318. The first-order valence-electron chi connectivity index (χ1n) is 7.75. The molecule has 0 atom stereocenters. The van der Waals surface area contributed by atoms with Gasteiger partial charge in [-0.3, -0.25) is 0 Å². The maximum atomic E-state index is 5.93. The molecule has 3 N–H and O–H groups in total. The van der Waals surface area contributed by atoms with Crippen molar-refractivity contribution in [2.24, 2.45) is 10.7 Å². The van der Waals surface area contributed by atoms with Gasteiger partial charge in [0.2, 0.25) is 5.89 Å². The Morgan fingerprint density at radius 2 is 2.09 bits per heavy atom. The molecule has 0 unspecified atom stereocenters. The monoisotopic (exact) mass is 315 g/mol. The molecule has 0 aliphatic rings. The van der Waals surface area contributed by atoms with Gasteiger partial charge >= 0.3 is 0 Å². The van der Waals surface area contributed by atoms with E-state index < -0.39 is 0 Å². The van der Waals surface area contributed by atoms with Crippen LogP contribution >= 0.6 is 0 Å². The summed E-state index contributed by atoms with van der Waals surface area (Å²) in [6.45, 7) is 10.6. The average Bonchev–Trinajstić information content (AvgIpc) is 2.94. The lowest BCUT2D eigenvalue weighted by atomic mass is 9.97. The highest BCUT2D eigenvalue weighted by atomic mass is 16.5. The van der Waals surface area contributed by atoms with Crippen LogP contribution < -0.4 is 11.1 Å². The van der Waals surface area contributed by atoms with Crippen molar-refractivity contribution in [3.8, 4) is 0 Å². The Balaban J connectivity index is 2.00. The van der Waals surface area contributed by atoms with Gasteiger partial charge in [0.25, 0.3) is 0 Å². The zero-order valence-corrected chi connectivity index (χ0v) is 14.4. The van der Waals surface area contributed by atoms with Gasteiger partial charge in [-0.2, -0.15) is 4.98 Å². The van der Waals surface area contributed by atoms with E-state index in [1.165, 1.54) is 5.56 Å². The number of guanidine groups is 1. The third-order valence-corrected chi connectivity index (χ3v) is 3.33. The van der Waals surface area contributed by atoms with Crippen LogP contribution in [0, 0.1) is 0 Å². The van der Waals surface area contributed by atoms with Crippen molar-refractivity contribution in [1.82, 2.24) is 10.1 Å². The van der Waals surface area contributed by atoms with Gasteiger partial charge in [-0.1, -0.05) is 51.9 Å². The molecule has 0 spiro atoms.